The molecule has 1 aromatic carbocycles. The third-order valence-corrected chi connectivity index (χ3v) is 4.10. The number of nitrogens with zero attached hydrogens (tertiary/aromatic N) is 1. The molecule has 0 saturated carbocycles. The fourth-order valence-electron chi connectivity index (χ4n) is 1.75. The van der Waals surface area contributed by atoms with Crippen LogP contribution in [0.1, 0.15) is 20.3 Å². The number of rotatable bonds is 6. The lowest BCUT2D eigenvalue weighted by atomic mass is 10.2. The van der Waals surface area contributed by atoms with Crippen LogP contribution < -0.4 is 4.72 Å². The molecule has 0 fully saturated rings. The van der Waals surface area contributed by atoms with E-state index in [0.29, 0.717) is 6.07 Å². The second-order valence-electron chi connectivity index (χ2n) is 4.48. The van der Waals surface area contributed by atoms with E-state index in [1.807, 2.05) is 0 Å². The molecule has 112 valence electrons. The van der Waals surface area contributed by atoms with Crippen molar-refractivity contribution in [3.63, 3.8) is 0 Å². The van der Waals surface area contributed by atoms with Crippen LogP contribution in [0.2, 0.25) is 0 Å². The van der Waals surface area contributed by atoms with E-state index in [2.05, 4.69) is 4.72 Å². The maximum Gasteiger partial charge on any atom is 0.292 e. The third-order valence-electron chi connectivity index (χ3n) is 2.46. The van der Waals surface area contributed by atoms with Crippen molar-refractivity contribution in [2.75, 3.05) is 0 Å². The SMILES string of the molecule is CC(O)CC(C)NS(=O)(=O)c1ccc(F)cc1[N+](=O)[O-]. The van der Waals surface area contributed by atoms with Crippen molar-refractivity contribution < 1.29 is 22.8 Å². The Hall–Kier alpha value is -1.58. The monoisotopic (exact) mass is 306 g/mol. The highest BCUT2D eigenvalue weighted by molar-refractivity contribution is 7.89. The van der Waals surface area contributed by atoms with Gasteiger partial charge in [-0.1, -0.05) is 0 Å². The Bertz CT molecular complexity index is 603. The lowest BCUT2D eigenvalue weighted by Gasteiger charge is -2.15. The van der Waals surface area contributed by atoms with Gasteiger partial charge < -0.3 is 5.11 Å². The van der Waals surface area contributed by atoms with E-state index in [1.54, 1.807) is 0 Å². The lowest BCUT2D eigenvalue weighted by molar-refractivity contribution is -0.388. The van der Waals surface area contributed by atoms with Gasteiger partial charge in [-0.2, -0.15) is 0 Å². The van der Waals surface area contributed by atoms with E-state index in [4.69, 9.17) is 0 Å². The van der Waals surface area contributed by atoms with E-state index in [9.17, 15) is 28.0 Å². The Balaban J connectivity index is 3.13. The summed E-state index contributed by atoms with van der Waals surface area (Å²) in [6, 6.07) is 1.60. The highest BCUT2D eigenvalue weighted by Crippen LogP contribution is 2.24. The fraction of sp³-hybridized carbons (Fsp3) is 0.455. The quantitative estimate of drug-likeness (QED) is 0.605. The van der Waals surface area contributed by atoms with E-state index >= 15 is 0 Å². The molecule has 1 rings (SSSR count). The highest BCUT2D eigenvalue weighted by atomic mass is 32.2. The first kappa shape index (κ1) is 16.5. The number of nitro groups is 1. The van der Waals surface area contributed by atoms with Gasteiger partial charge >= 0.3 is 0 Å². The zero-order valence-electron chi connectivity index (χ0n) is 10.9. The Labute approximate surface area is 115 Å². The van der Waals surface area contributed by atoms with Crippen LogP contribution >= 0.6 is 0 Å². The van der Waals surface area contributed by atoms with Crippen LogP contribution in [-0.2, 0) is 10.0 Å². The molecular formula is C11H15FN2O5S. The molecule has 0 spiro atoms. The summed E-state index contributed by atoms with van der Waals surface area (Å²) in [5.41, 5.74) is -0.832. The number of aliphatic hydroxyl groups is 1. The molecule has 7 nitrogen and oxygen atoms in total. The number of hydrogen-bond acceptors (Lipinski definition) is 5. The average molecular weight is 306 g/mol. The van der Waals surface area contributed by atoms with Gasteiger partial charge in [0.2, 0.25) is 10.0 Å². The Morgan fingerprint density at radius 1 is 1.45 bits per heavy atom. The molecule has 0 aliphatic heterocycles. The molecule has 0 bridgehead atoms. The average Bonchev–Trinajstić information content (AvgIpc) is 2.26. The summed E-state index contributed by atoms with van der Waals surface area (Å²) >= 11 is 0. The van der Waals surface area contributed by atoms with E-state index < -0.39 is 43.5 Å². The minimum absolute atomic E-state index is 0.147. The zero-order valence-corrected chi connectivity index (χ0v) is 11.7. The zero-order chi connectivity index (χ0) is 15.5. The van der Waals surface area contributed by atoms with Crippen molar-refractivity contribution >= 4 is 15.7 Å². The largest absolute Gasteiger partial charge is 0.393 e. The number of halogens is 1. The van der Waals surface area contributed by atoms with Crippen molar-refractivity contribution in [3.8, 4) is 0 Å². The molecule has 2 unspecified atom stereocenters. The van der Waals surface area contributed by atoms with Crippen LogP contribution in [0, 0.1) is 15.9 Å². The summed E-state index contributed by atoms with van der Waals surface area (Å²) in [5, 5.41) is 20.0. The summed E-state index contributed by atoms with van der Waals surface area (Å²) in [6.07, 6.45) is -0.579. The number of sulfonamides is 1. The normalized spacial score (nSPS) is 14.8. The van der Waals surface area contributed by atoms with Crippen LogP contribution in [0.5, 0.6) is 0 Å². The van der Waals surface area contributed by atoms with Gasteiger partial charge in [0.1, 0.15) is 5.82 Å². The molecule has 2 atom stereocenters. The van der Waals surface area contributed by atoms with Crippen molar-refractivity contribution in [1.29, 1.82) is 0 Å². The van der Waals surface area contributed by atoms with Crippen LogP contribution in [0.3, 0.4) is 0 Å². The van der Waals surface area contributed by atoms with Gasteiger partial charge in [0.05, 0.1) is 17.1 Å². The van der Waals surface area contributed by atoms with Crippen LogP contribution in [-0.4, -0.2) is 30.6 Å². The minimum atomic E-state index is -4.17. The lowest BCUT2D eigenvalue weighted by Crippen LogP contribution is -2.35. The predicted octanol–water partition coefficient (Wildman–Crippen LogP) is 1.17. The molecule has 9 heteroatoms. The molecule has 1 aromatic rings. The molecule has 0 amide bonds. The van der Waals surface area contributed by atoms with Gasteiger partial charge in [0, 0.05) is 6.04 Å². The van der Waals surface area contributed by atoms with Gasteiger partial charge in [0.25, 0.3) is 5.69 Å². The predicted molar refractivity (Wildman–Crippen MR) is 69.1 cm³/mol. The molecule has 0 saturated heterocycles. The first-order valence-corrected chi connectivity index (χ1v) is 7.26. The van der Waals surface area contributed by atoms with E-state index in [1.165, 1.54) is 13.8 Å². The smallest absolute Gasteiger partial charge is 0.292 e. The van der Waals surface area contributed by atoms with Gasteiger partial charge in [0.15, 0.2) is 4.90 Å². The molecule has 20 heavy (non-hydrogen) atoms. The van der Waals surface area contributed by atoms with Crippen molar-refractivity contribution in [1.82, 2.24) is 4.72 Å². The molecule has 0 radical (unpaired) electrons. The van der Waals surface area contributed by atoms with Crippen molar-refractivity contribution in [2.24, 2.45) is 0 Å². The highest BCUT2D eigenvalue weighted by Gasteiger charge is 2.27. The van der Waals surface area contributed by atoms with E-state index in [-0.39, 0.29) is 6.42 Å². The van der Waals surface area contributed by atoms with Gasteiger partial charge in [-0.3, -0.25) is 10.1 Å². The van der Waals surface area contributed by atoms with Gasteiger partial charge in [-0.25, -0.2) is 17.5 Å². The second kappa shape index (κ2) is 6.25. The standard InChI is InChI=1S/C11H15FN2O5S/c1-7(5-8(2)15)13-20(18,19)11-4-3-9(12)6-10(11)14(16)17/h3-4,6-8,13,15H,5H2,1-2H3. The summed E-state index contributed by atoms with van der Waals surface area (Å²) < 4.78 is 39.3. The van der Waals surface area contributed by atoms with Gasteiger partial charge in [-0.15, -0.1) is 0 Å². The van der Waals surface area contributed by atoms with Crippen LogP contribution in [0.15, 0.2) is 23.1 Å². The van der Waals surface area contributed by atoms with Crippen molar-refractivity contribution in [3.05, 3.63) is 34.1 Å². The molecule has 0 aliphatic carbocycles. The molecule has 0 heterocycles. The summed E-state index contributed by atoms with van der Waals surface area (Å²) in [4.78, 5) is 9.22. The summed E-state index contributed by atoms with van der Waals surface area (Å²) in [6.45, 7) is 3.00. The second-order valence-corrected chi connectivity index (χ2v) is 6.16. The number of hydrogen-bond donors (Lipinski definition) is 2. The maximum absolute atomic E-state index is 13.0. The minimum Gasteiger partial charge on any atom is -0.393 e. The van der Waals surface area contributed by atoms with Gasteiger partial charge in [-0.05, 0) is 32.4 Å². The summed E-state index contributed by atoms with van der Waals surface area (Å²) in [5.74, 6) is -0.896. The Kier molecular flexibility index (Phi) is 5.15. The first-order valence-electron chi connectivity index (χ1n) is 5.78. The van der Waals surface area contributed by atoms with Crippen molar-refractivity contribution in [2.45, 2.75) is 37.3 Å². The molecular weight excluding hydrogens is 291 g/mol. The third kappa shape index (κ3) is 4.22. The Morgan fingerprint density at radius 2 is 2.05 bits per heavy atom. The topological polar surface area (TPSA) is 110 Å². The number of nitrogens with one attached hydrogen (secondary N) is 1. The number of nitro benzene ring substituents is 1. The Morgan fingerprint density at radius 3 is 2.55 bits per heavy atom. The van der Waals surface area contributed by atoms with Crippen LogP contribution in [0.25, 0.3) is 0 Å². The first-order chi connectivity index (χ1) is 9.13. The van der Waals surface area contributed by atoms with E-state index in [0.717, 1.165) is 12.1 Å². The number of aliphatic hydroxyl groups excluding tert-OH is 1. The van der Waals surface area contributed by atoms with Crippen LogP contribution in [0.4, 0.5) is 10.1 Å². The maximum atomic E-state index is 13.0. The molecule has 2 N–H and O–H groups in total. The molecule has 0 aliphatic rings. The number of benzene rings is 1. The fourth-order valence-corrected chi connectivity index (χ4v) is 3.16. The summed E-state index contributed by atoms with van der Waals surface area (Å²) in [7, 11) is -4.17. The molecule has 0 aromatic heterocycles.